The molecule has 0 aliphatic carbocycles. The zero-order valence-electron chi connectivity index (χ0n) is 25.1. The molecule has 2 nitrogen and oxygen atoms in total. The molecule has 0 aliphatic heterocycles. The molecular weight excluding hydrogens is 534 g/mol. The average molecular weight is 572 g/mol. The maximum absolute atomic E-state index is 5.51. The molecule has 6 rings (SSSR count). The second-order valence-corrected chi connectivity index (χ2v) is 10.9. The van der Waals surface area contributed by atoms with Crippen LogP contribution in [0.5, 0.6) is 5.75 Å². The highest BCUT2D eigenvalue weighted by molar-refractivity contribution is 6.01. The molecule has 216 valence electrons. The van der Waals surface area contributed by atoms with Gasteiger partial charge >= 0.3 is 0 Å². The summed E-state index contributed by atoms with van der Waals surface area (Å²) in [7, 11) is 1.71. The summed E-state index contributed by atoms with van der Waals surface area (Å²) in [6.45, 7) is 0.780. The fourth-order valence-corrected chi connectivity index (χ4v) is 5.80. The van der Waals surface area contributed by atoms with E-state index in [1.165, 1.54) is 38.7 Å². The average Bonchev–Trinajstić information content (AvgIpc) is 3.10. The van der Waals surface area contributed by atoms with Gasteiger partial charge in [0, 0.05) is 29.2 Å². The van der Waals surface area contributed by atoms with E-state index in [0.717, 1.165) is 24.4 Å². The third kappa shape index (κ3) is 6.82. The normalized spacial score (nSPS) is 11.5. The fraction of sp³-hybridized carbons (Fsp3) is 0.0952. The smallest absolute Gasteiger partial charge is 0.119 e. The fourth-order valence-electron chi connectivity index (χ4n) is 5.80. The van der Waals surface area contributed by atoms with Crippen molar-refractivity contribution in [1.82, 2.24) is 0 Å². The predicted octanol–water partition coefficient (Wildman–Crippen LogP) is 10.6. The molecule has 0 saturated heterocycles. The minimum absolute atomic E-state index is 0.174. The highest BCUT2D eigenvalue weighted by Crippen LogP contribution is 2.38. The van der Waals surface area contributed by atoms with E-state index in [9.17, 15) is 0 Å². The van der Waals surface area contributed by atoms with E-state index in [1.54, 1.807) is 7.11 Å². The number of anilines is 2. The van der Waals surface area contributed by atoms with Crippen LogP contribution in [0.15, 0.2) is 170 Å². The van der Waals surface area contributed by atoms with Crippen molar-refractivity contribution in [1.29, 1.82) is 0 Å². The van der Waals surface area contributed by atoms with Crippen molar-refractivity contribution in [2.75, 3.05) is 18.6 Å². The standard InChI is InChI=1S/C42H37NO/c1-44-38-29-27-37(28-30-38)43(32-41(34-19-10-4-11-20-34)35-21-12-5-13-22-35)42-31-26-36(39-24-14-15-25-40(39)42)23-9-3-8-18-33-16-6-2-7-17-33/h2-17,19-31,41H,18,32H2,1H3/b8-3+,23-9+. The Morgan fingerprint density at radius 1 is 0.591 bits per heavy atom. The zero-order valence-corrected chi connectivity index (χ0v) is 25.1. The summed E-state index contributed by atoms with van der Waals surface area (Å²) in [4.78, 5) is 2.46. The van der Waals surface area contributed by atoms with Crippen LogP contribution in [-0.4, -0.2) is 13.7 Å². The monoisotopic (exact) mass is 571 g/mol. The molecular formula is C42H37NO. The lowest BCUT2D eigenvalue weighted by Crippen LogP contribution is -2.25. The molecule has 44 heavy (non-hydrogen) atoms. The maximum Gasteiger partial charge on any atom is 0.119 e. The SMILES string of the molecule is COc1ccc(N(CC(c2ccccc2)c2ccccc2)c2ccc(/C=C/C=C/Cc3ccccc3)c3ccccc23)cc1. The summed E-state index contributed by atoms with van der Waals surface area (Å²) in [5.74, 6) is 1.02. The third-order valence-corrected chi connectivity index (χ3v) is 8.10. The number of fused-ring (bicyclic) bond motifs is 1. The first-order valence-electron chi connectivity index (χ1n) is 15.2. The van der Waals surface area contributed by atoms with Crippen LogP contribution in [0.2, 0.25) is 0 Å². The molecule has 6 aromatic carbocycles. The molecule has 0 N–H and O–H groups in total. The minimum atomic E-state index is 0.174. The topological polar surface area (TPSA) is 12.5 Å². The van der Waals surface area contributed by atoms with Crippen LogP contribution in [0.1, 0.15) is 28.2 Å². The number of benzene rings is 6. The molecule has 0 aliphatic rings. The van der Waals surface area contributed by atoms with Gasteiger partial charge in [0.1, 0.15) is 5.75 Å². The van der Waals surface area contributed by atoms with Gasteiger partial charge in [-0.2, -0.15) is 0 Å². The van der Waals surface area contributed by atoms with Gasteiger partial charge in [-0.15, -0.1) is 0 Å². The van der Waals surface area contributed by atoms with E-state index in [4.69, 9.17) is 4.74 Å². The molecule has 0 spiro atoms. The lowest BCUT2D eigenvalue weighted by molar-refractivity contribution is 0.415. The third-order valence-electron chi connectivity index (χ3n) is 8.10. The summed E-state index contributed by atoms with van der Waals surface area (Å²) >= 11 is 0. The Morgan fingerprint density at radius 3 is 1.82 bits per heavy atom. The van der Waals surface area contributed by atoms with Crippen LogP contribution < -0.4 is 9.64 Å². The second-order valence-electron chi connectivity index (χ2n) is 10.9. The van der Waals surface area contributed by atoms with E-state index in [-0.39, 0.29) is 5.92 Å². The minimum Gasteiger partial charge on any atom is -0.497 e. The first-order chi connectivity index (χ1) is 21.8. The summed E-state index contributed by atoms with van der Waals surface area (Å²) < 4.78 is 5.51. The van der Waals surface area contributed by atoms with Gasteiger partial charge < -0.3 is 9.64 Å². The number of hydrogen-bond acceptors (Lipinski definition) is 2. The Balaban J connectivity index is 1.39. The summed E-state index contributed by atoms with van der Waals surface area (Å²) in [6.07, 6.45) is 9.63. The Bertz CT molecular complexity index is 1790. The van der Waals surface area contributed by atoms with Crippen molar-refractivity contribution >= 4 is 28.2 Å². The Kier molecular flexibility index (Phi) is 9.30. The lowest BCUT2D eigenvalue weighted by atomic mass is 9.90. The number of allylic oxidation sites excluding steroid dienone is 3. The van der Waals surface area contributed by atoms with E-state index < -0.39 is 0 Å². The van der Waals surface area contributed by atoms with Crippen LogP contribution in [-0.2, 0) is 6.42 Å². The van der Waals surface area contributed by atoms with E-state index in [2.05, 4.69) is 169 Å². The molecule has 0 aromatic heterocycles. The number of ether oxygens (including phenoxy) is 1. The van der Waals surface area contributed by atoms with Gasteiger partial charge in [-0.3, -0.25) is 0 Å². The van der Waals surface area contributed by atoms with Crippen LogP contribution >= 0.6 is 0 Å². The first-order valence-corrected chi connectivity index (χ1v) is 15.2. The van der Waals surface area contributed by atoms with Crippen LogP contribution in [0.25, 0.3) is 16.8 Å². The van der Waals surface area contributed by atoms with Gasteiger partial charge in [-0.1, -0.05) is 146 Å². The molecule has 0 unspecified atom stereocenters. The molecule has 0 saturated carbocycles. The second kappa shape index (κ2) is 14.2. The molecule has 2 heteroatoms. The van der Waals surface area contributed by atoms with Gasteiger partial charge in [0.05, 0.1) is 7.11 Å². The molecule has 0 radical (unpaired) electrons. The lowest BCUT2D eigenvalue weighted by Gasteiger charge is -2.31. The highest BCUT2D eigenvalue weighted by atomic mass is 16.5. The van der Waals surface area contributed by atoms with Gasteiger partial charge in [0.15, 0.2) is 0 Å². The zero-order chi connectivity index (χ0) is 30.0. The molecule has 6 aromatic rings. The van der Waals surface area contributed by atoms with Gasteiger partial charge in [0.2, 0.25) is 0 Å². The van der Waals surface area contributed by atoms with Gasteiger partial charge in [0.25, 0.3) is 0 Å². The quantitative estimate of drug-likeness (QED) is 0.143. The number of hydrogen-bond donors (Lipinski definition) is 0. The number of methoxy groups -OCH3 is 1. The molecule has 0 amide bonds. The van der Waals surface area contributed by atoms with Crippen molar-refractivity contribution < 1.29 is 4.74 Å². The molecule has 0 bridgehead atoms. The van der Waals surface area contributed by atoms with Crippen LogP contribution in [0, 0.1) is 0 Å². The first kappa shape index (κ1) is 28.8. The predicted molar refractivity (Wildman–Crippen MR) is 187 cm³/mol. The van der Waals surface area contributed by atoms with Crippen molar-refractivity contribution in [2.45, 2.75) is 12.3 Å². The maximum atomic E-state index is 5.51. The van der Waals surface area contributed by atoms with Crippen LogP contribution in [0.4, 0.5) is 11.4 Å². The summed E-state index contributed by atoms with van der Waals surface area (Å²) in [5.41, 5.74) is 7.41. The molecule has 0 fully saturated rings. The van der Waals surface area contributed by atoms with Gasteiger partial charge in [-0.25, -0.2) is 0 Å². The van der Waals surface area contributed by atoms with E-state index >= 15 is 0 Å². The Hall–Kier alpha value is -5.34. The van der Waals surface area contributed by atoms with Gasteiger partial charge in [-0.05, 0) is 64.4 Å². The van der Waals surface area contributed by atoms with Crippen molar-refractivity contribution in [2.24, 2.45) is 0 Å². The Labute approximate surface area is 261 Å². The van der Waals surface area contributed by atoms with Crippen molar-refractivity contribution in [3.63, 3.8) is 0 Å². The van der Waals surface area contributed by atoms with E-state index in [0.29, 0.717) is 0 Å². The number of rotatable bonds is 11. The van der Waals surface area contributed by atoms with Crippen LogP contribution in [0.3, 0.4) is 0 Å². The molecule has 0 atom stereocenters. The number of nitrogens with zero attached hydrogens (tertiary/aromatic N) is 1. The van der Waals surface area contributed by atoms with Crippen molar-refractivity contribution in [3.8, 4) is 5.75 Å². The molecule has 0 heterocycles. The highest BCUT2D eigenvalue weighted by Gasteiger charge is 2.22. The summed E-state index contributed by atoms with van der Waals surface area (Å²) in [6, 6.07) is 53.9. The van der Waals surface area contributed by atoms with E-state index in [1.807, 2.05) is 12.1 Å². The largest absolute Gasteiger partial charge is 0.497 e. The summed E-state index contributed by atoms with van der Waals surface area (Å²) in [5, 5.41) is 2.45. The Morgan fingerprint density at radius 2 is 1.18 bits per heavy atom. The van der Waals surface area contributed by atoms with Crippen molar-refractivity contribution in [3.05, 3.63) is 192 Å².